The SMILES string of the molecule is Cc1ccc([N+]#N)cc1S(=O)(=O)[O-].[H+]. The minimum absolute atomic E-state index is 0. The van der Waals surface area contributed by atoms with Gasteiger partial charge in [0.05, 0.1) is 11.0 Å². The summed E-state index contributed by atoms with van der Waals surface area (Å²) in [5, 5.41) is 8.35. The molecule has 0 bridgehead atoms. The van der Waals surface area contributed by atoms with Gasteiger partial charge in [-0.1, -0.05) is 6.07 Å². The third kappa shape index (κ3) is 2.02. The Kier molecular flexibility index (Phi) is 2.32. The van der Waals surface area contributed by atoms with Gasteiger partial charge in [0.2, 0.25) is 5.39 Å². The van der Waals surface area contributed by atoms with Crippen LogP contribution < -0.4 is 0 Å². The summed E-state index contributed by atoms with van der Waals surface area (Å²) >= 11 is 0. The minimum Gasteiger partial charge on any atom is -0.744 e. The maximum atomic E-state index is 10.6. The summed E-state index contributed by atoms with van der Waals surface area (Å²) in [4.78, 5) is 2.42. The maximum Gasteiger partial charge on any atom is 1.00 e. The molecular weight excluding hydrogens is 192 g/mol. The van der Waals surface area contributed by atoms with Crippen LogP contribution in [-0.2, 0) is 10.1 Å². The zero-order valence-corrected chi connectivity index (χ0v) is 7.58. The van der Waals surface area contributed by atoms with Crippen molar-refractivity contribution in [3.05, 3.63) is 28.7 Å². The van der Waals surface area contributed by atoms with E-state index in [4.69, 9.17) is 5.39 Å². The molecule has 0 N–H and O–H groups in total. The van der Waals surface area contributed by atoms with Crippen LogP contribution in [0.5, 0.6) is 0 Å². The van der Waals surface area contributed by atoms with E-state index in [1.807, 2.05) is 0 Å². The van der Waals surface area contributed by atoms with Gasteiger partial charge >= 0.3 is 7.11 Å². The molecule has 68 valence electrons. The molecule has 0 aliphatic rings. The van der Waals surface area contributed by atoms with Crippen molar-refractivity contribution in [2.24, 2.45) is 0 Å². The Bertz CT molecular complexity index is 478. The molecule has 0 radical (unpaired) electrons. The van der Waals surface area contributed by atoms with Crippen molar-refractivity contribution in [3.63, 3.8) is 0 Å². The van der Waals surface area contributed by atoms with Gasteiger partial charge in [-0.15, -0.1) is 0 Å². The van der Waals surface area contributed by atoms with Crippen molar-refractivity contribution in [3.8, 4) is 0 Å². The van der Waals surface area contributed by atoms with Gasteiger partial charge in [-0.25, -0.2) is 8.42 Å². The molecule has 1 aromatic rings. The second-order valence-electron chi connectivity index (χ2n) is 2.50. The minimum atomic E-state index is -4.49. The first-order chi connectivity index (χ1) is 5.95. The lowest BCUT2D eigenvalue weighted by molar-refractivity contribution is 0.462. The highest BCUT2D eigenvalue weighted by Gasteiger charge is 2.12. The van der Waals surface area contributed by atoms with Gasteiger partial charge in [0, 0.05) is 6.07 Å². The summed E-state index contributed by atoms with van der Waals surface area (Å²) in [7, 11) is -4.49. The first kappa shape index (κ1) is 9.64. The lowest BCUT2D eigenvalue weighted by Gasteiger charge is -2.07. The second kappa shape index (κ2) is 3.12. The van der Waals surface area contributed by atoms with E-state index in [1.54, 1.807) is 0 Å². The van der Waals surface area contributed by atoms with Gasteiger partial charge in [-0.05, 0) is 12.5 Å². The molecule has 0 saturated carbocycles. The van der Waals surface area contributed by atoms with E-state index in [9.17, 15) is 13.0 Å². The first-order valence-corrected chi connectivity index (χ1v) is 4.77. The van der Waals surface area contributed by atoms with Gasteiger partial charge in [0.15, 0.2) is 4.98 Å². The highest BCUT2D eigenvalue weighted by molar-refractivity contribution is 7.85. The summed E-state index contributed by atoms with van der Waals surface area (Å²) in [6.07, 6.45) is 0. The van der Waals surface area contributed by atoms with Crippen LogP contribution in [0.4, 0.5) is 5.69 Å². The van der Waals surface area contributed by atoms with Crippen LogP contribution in [0.2, 0.25) is 0 Å². The van der Waals surface area contributed by atoms with Crippen LogP contribution in [-0.4, -0.2) is 13.0 Å². The van der Waals surface area contributed by atoms with Crippen LogP contribution >= 0.6 is 0 Å². The van der Waals surface area contributed by atoms with Crippen molar-refractivity contribution in [1.82, 2.24) is 0 Å². The smallest absolute Gasteiger partial charge is 0.744 e. The molecular formula is C7H7N2O3S+. The number of rotatable bonds is 1. The third-order valence-electron chi connectivity index (χ3n) is 1.56. The quantitative estimate of drug-likeness (QED) is 0.506. The molecule has 0 heterocycles. The van der Waals surface area contributed by atoms with E-state index in [-0.39, 0.29) is 12.0 Å². The topological polar surface area (TPSA) is 85.3 Å². The predicted molar refractivity (Wildman–Crippen MR) is 45.0 cm³/mol. The van der Waals surface area contributed by atoms with Gasteiger partial charge in [0.25, 0.3) is 0 Å². The van der Waals surface area contributed by atoms with Gasteiger partial charge in [-0.2, -0.15) is 0 Å². The Morgan fingerprint density at radius 3 is 2.62 bits per heavy atom. The number of benzene rings is 1. The summed E-state index contributed by atoms with van der Waals surface area (Å²) in [6.45, 7) is 1.49. The van der Waals surface area contributed by atoms with E-state index < -0.39 is 10.1 Å². The number of nitrogens with zero attached hydrogens (tertiary/aromatic N) is 2. The fourth-order valence-corrected chi connectivity index (χ4v) is 1.65. The van der Waals surface area contributed by atoms with E-state index in [0.29, 0.717) is 5.56 Å². The number of aryl methyl sites for hydroxylation is 1. The number of hydrogen-bond acceptors (Lipinski definition) is 4. The van der Waals surface area contributed by atoms with Gasteiger partial charge < -0.3 is 4.55 Å². The Hall–Kier alpha value is -1.45. The Morgan fingerprint density at radius 2 is 2.15 bits per heavy atom. The van der Waals surface area contributed by atoms with E-state index in [0.717, 1.165) is 6.07 Å². The highest BCUT2D eigenvalue weighted by atomic mass is 32.2. The Balaban J connectivity index is 0.00000169. The molecule has 0 aliphatic heterocycles. The molecule has 0 aromatic heterocycles. The number of diazo groups is 1. The average molecular weight is 199 g/mol. The molecule has 0 saturated heterocycles. The molecule has 0 atom stereocenters. The largest absolute Gasteiger partial charge is 1.00 e. The van der Waals surface area contributed by atoms with Gasteiger partial charge in [-0.3, -0.25) is 0 Å². The fourth-order valence-electron chi connectivity index (χ4n) is 0.920. The van der Waals surface area contributed by atoms with Crippen molar-refractivity contribution < 1.29 is 14.4 Å². The lowest BCUT2D eigenvalue weighted by atomic mass is 10.2. The van der Waals surface area contributed by atoms with E-state index in [2.05, 4.69) is 4.98 Å². The molecule has 0 spiro atoms. The van der Waals surface area contributed by atoms with Crippen molar-refractivity contribution in [2.75, 3.05) is 0 Å². The van der Waals surface area contributed by atoms with Crippen LogP contribution in [0, 0.1) is 12.3 Å². The molecule has 1 aromatic carbocycles. The number of hydrogen-bond donors (Lipinski definition) is 0. The average Bonchev–Trinajstić information content (AvgIpc) is 2.03. The lowest BCUT2D eigenvalue weighted by Crippen LogP contribution is -2.00. The fraction of sp³-hybridized carbons (Fsp3) is 0.143. The second-order valence-corrected chi connectivity index (χ2v) is 3.85. The molecule has 0 aliphatic carbocycles. The predicted octanol–water partition coefficient (Wildman–Crippen LogP) is 1.50. The van der Waals surface area contributed by atoms with Crippen molar-refractivity contribution in [2.45, 2.75) is 11.8 Å². The molecule has 0 fully saturated rings. The van der Waals surface area contributed by atoms with Crippen LogP contribution in [0.15, 0.2) is 23.1 Å². The standard InChI is InChI=1S/C7H6N2O3S/c1-5-2-3-6(9-8)4-7(5)13(10,11)12/h2-4H,1H3/p+1. The Labute approximate surface area is 76.9 Å². The van der Waals surface area contributed by atoms with Crippen molar-refractivity contribution >= 4 is 15.8 Å². The van der Waals surface area contributed by atoms with Crippen LogP contribution in [0.25, 0.3) is 4.98 Å². The normalized spacial score (nSPS) is 10.8. The maximum absolute atomic E-state index is 10.6. The monoisotopic (exact) mass is 199 g/mol. The summed E-state index contributed by atoms with van der Waals surface area (Å²) in [5.41, 5.74) is 0.377. The van der Waals surface area contributed by atoms with Crippen LogP contribution in [0.1, 0.15) is 6.99 Å². The zero-order chi connectivity index (χ0) is 10.1. The van der Waals surface area contributed by atoms with Gasteiger partial charge in [0.1, 0.15) is 10.1 Å². The van der Waals surface area contributed by atoms with E-state index in [1.165, 1.54) is 19.1 Å². The summed E-state index contributed by atoms with van der Waals surface area (Å²) in [6, 6.07) is 3.83. The zero-order valence-electron chi connectivity index (χ0n) is 7.76. The molecule has 13 heavy (non-hydrogen) atoms. The first-order valence-electron chi connectivity index (χ1n) is 3.37. The van der Waals surface area contributed by atoms with Crippen LogP contribution in [0.3, 0.4) is 0 Å². The van der Waals surface area contributed by atoms with E-state index >= 15 is 0 Å². The molecule has 5 nitrogen and oxygen atoms in total. The van der Waals surface area contributed by atoms with Crippen molar-refractivity contribution in [1.29, 1.82) is 5.39 Å². The third-order valence-corrected chi connectivity index (χ3v) is 2.54. The molecule has 0 unspecified atom stereocenters. The summed E-state index contributed by atoms with van der Waals surface area (Å²) < 4.78 is 31.9. The highest BCUT2D eigenvalue weighted by Crippen LogP contribution is 2.21. The molecule has 6 heteroatoms. The molecule has 1 rings (SSSR count). The molecule has 0 amide bonds. The summed E-state index contributed by atoms with van der Waals surface area (Å²) in [5.74, 6) is 0. The Morgan fingerprint density at radius 1 is 1.54 bits per heavy atom.